The molecular weight excluding hydrogens is 380 g/mol. The number of rotatable bonds is 5. The molecule has 0 saturated carbocycles. The van der Waals surface area contributed by atoms with Crippen molar-refractivity contribution in [1.29, 1.82) is 5.26 Å². The fourth-order valence-corrected chi connectivity index (χ4v) is 4.49. The van der Waals surface area contributed by atoms with Crippen LogP contribution in [0.3, 0.4) is 0 Å². The van der Waals surface area contributed by atoms with Gasteiger partial charge in [0, 0.05) is 0 Å². The Labute approximate surface area is 153 Å². The first-order valence-electron chi connectivity index (χ1n) is 6.98. The molecule has 2 heterocycles. The van der Waals surface area contributed by atoms with E-state index in [2.05, 4.69) is 21.1 Å². The molecular formula is C16H11ClN4O2S2. The molecule has 0 aliphatic heterocycles. The molecule has 0 amide bonds. The minimum atomic E-state index is -3.72. The maximum Gasteiger partial charge on any atom is 0.272 e. The summed E-state index contributed by atoms with van der Waals surface area (Å²) in [7, 11) is -3.72. The Bertz CT molecular complexity index is 1040. The number of aromatic nitrogens is 1. The number of pyridine rings is 1. The molecule has 1 aromatic carbocycles. The number of benzene rings is 1. The van der Waals surface area contributed by atoms with Crippen molar-refractivity contribution in [3.63, 3.8) is 0 Å². The van der Waals surface area contributed by atoms with E-state index >= 15 is 0 Å². The minimum absolute atomic E-state index is 0.115. The average molecular weight is 391 g/mol. The lowest BCUT2D eigenvalue weighted by Crippen LogP contribution is -2.12. The molecule has 0 aliphatic carbocycles. The van der Waals surface area contributed by atoms with Gasteiger partial charge in [-0.2, -0.15) is 5.26 Å². The SMILES string of the molecule is N#Cc1ccccc1Nc1ccc(NS(=O)(=O)c2ccc(Cl)s2)nc1. The molecule has 0 atom stereocenters. The Morgan fingerprint density at radius 1 is 1.12 bits per heavy atom. The molecule has 0 aliphatic rings. The van der Waals surface area contributed by atoms with Gasteiger partial charge in [0.2, 0.25) is 0 Å². The Morgan fingerprint density at radius 2 is 1.92 bits per heavy atom. The van der Waals surface area contributed by atoms with E-state index in [-0.39, 0.29) is 10.0 Å². The quantitative estimate of drug-likeness (QED) is 0.680. The van der Waals surface area contributed by atoms with E-state index in [0.717, 1.165) is 11.3 Å². The summed E-state index contributed by atoms with van der Waals surface area (Å²) in [6, 6.07) is 15.3. The van der Waals surface area contributed by atoms with Crippen LogP contribution in [0.4, 0.5) is 17.2 Å². The minimum Gasteiger partial charge on any atom is -0.353 e. The van der Waals surface area contributed by atoms with Crippen LogP contribution in [-0.2, 0) is 10.0 Å². The van der Waals surface area contributed by atoms with Crippen LogP contribution in [0.15, 0.2) is 58.9 Å². The standard InChI is InChI=1S/C16H11ClN4O2S2/c17-14-6-8-16(24-14)25(22,23)21-15-7-5-12(10-19-15)20-13-4-2-1-3-11(13)9-18/h1-8,10,20H,(H,19,21). The number of nitrogens with one attached hydrogen (secondary N) is 2. The molecule has 25 heavy (non-hydrogen) atoms. The number of anilines is 3. The molecule has 0 unspecified atom stereocenters. The van der Waals surface area contributed by atoms with Crippen LogP contribution in [0.25, 0.3) is 0 Å². The van der Waals surface area contributed by atoms with Crippen LogP contribution >= 0.6 is 22.9 Å². The van der Waals surface area contributed by atoms with E-state index in [4.69, 9.17) is 16.9 Å². The number of hydrogen-bond acceptors (Lipinski definition) is 6. The van der Waals surface area contributed by atoms with Gasteiger partial charge in [-0.05, 0) is 36.4 Å². The van der Waals surface area contributed by atoms with Gasteiger partial charge in [0.15, 0.2) is 0 Å². The van der Waals surface area contributed by atoms with Crippen LogP contribution in [0, 0.1) is 11.3 Å². The summed E-state index contributed by atoms with van der Waals surface area (Å²) in [5.41, 5.74) is 1.78. The zero-order chi connectivity index (χ0) is 17.9. The maximum atomic E-state index is 12.2. The van der Waals surface area contributed by atoms with Crippen molar-refractivity contribution in [1.82, 2.24) is 4.98 Å². The van der Waals surface area contributed by atoms with Gasteiger partial charge in [-0.15, -0.1) is 11.3 Å². The lowest BCUT2D eigenvalue weighted by atomic mass is 10.2. The van der Waals surface area contributed by atoms with E-state index < -0.39 is 10.0 Å². The van der Waals surface area contributed by atoms with Gasteiger partial charge >= 0.3 is 0 Å². The predicted molar refractivity (Wildman–Crippen MR) is 98.8 cm³/mol. The third-order valence-electron chi connectivity index (χ3n) is 3.14. The van der Waals surface area contributed by atoms with E-state index in [1.807, 2.05) is 6.07 Å². The van der Waals surface area contributed by atoms with E-state index in [1.54, 1.807) is 24.3 Å². The van der Waals surface area contributed by atoms with Crippen LogP contribution in [-0.4, -0.2) is 13.4 Å². The smallest absolute Gasteiger partial charge is 0.272 e. The van der Waals surface area contributed by atoms with Gasteiger partial charge in [-0.3, -0.25) is 4.72 Å². The predicted octanol–water partition coefficient (Wildman–Crippen LogP) is 4.21. The van der Waals surface area contributed by atoms with Gasteiger partial charge in [0.05, 0.1) is 27.5 Å². The van der Waals surface area contributed by atoms with Crippen molar-refractivity contribution < 1.29 is 8.42 Å². The number of nitrogens with zero attached hydrogens (tertiary/aromatic N) is 2. The number of para-hydroxylation sites is 1. The van der Waals surface area contributed by atoms with E-state index in [0.29, 0.717) is 21.3 Å². The second-order valence-electron chi connectivity index (χ2n) is 4.88. The summed E-state index contributed by atoms with van der Waals surface area (Å²) in [6.07, 6.45) is 1.48. The van der Waals surface area contributed by atoms with Crippen LogP contribution < -0.4 is 10.0 Å². The summed E-state index contributed by atoms with van der Waals surface area (Å²) in [5.74, 6) is 0.184. The van der Waals surface area contributed by atoms with Crippen molar-refractivity contribution in [3.8, 4) is 6.07 Å². The highest BCUT2D eigenvalue weighted by Gasteiger charge is 2.17. The second-order valence-corrected chi connectivity index (χ2v) is 8.50. The van der Waals surface area contributed by atoms with Crippen molar-refractivity contribution in [2.75, 3.05) is 10.0 Å². The van der Waals surface area contributed by atoms with Gasteiger partial charge in [-0.1, -0.05) is 23.7 Å². The first-order chi connectivity index (χ1) is 12.0. The van der Waals surface area contributed by atoms with Gasteiger partial charge < -0.3 is 5.32 Å². The fourth-order valence-electron chi connectivity index (χ4n) is 2.00. The summed E-state index contributed by atoms with van der Waals surface area (Å²) in [4.78, 5) is 4.08. The zero-order valence-electron chi connectivity index (χ0n) is 12.6. The highest BCUT2D eigenvalue weighted by molar-refractivity contribution is 7.94. The highest BCUT2D eigenvalue weighted by atomic mass is 35.5. The first kappa shape index (κ1) is 17.2. The van der Waals surface area contributed by atoms with Gasteiger partial charge in [0.25, 0.3) is 10.0 Å². The molecule has 3 rings (SSSR count). The lowest BCUT2D eigenvalue weighted by Gasteiger charge is -2.09. The molecule has 0 spiro atoms. The molecule has 2 N–H and O–H groups in total. The molecule has 9 heteroatoms. The first-order valence-corrected chi connectivity index (χ1v) is 9.66. The maximum absolute atomic E-state index is 12.2. The third kappa shape index (κ3) is 4.09. The monoisotopic (exact) mass is 390 g/mol. The van der Waals surface area contributed by atoms with E-state index in [1.165, 1.54) is 24.4 Å². The molecule has 6 nitrogen and oxygen atoms in total. The largest absolute Gasteiger partial charge is 0.353 e. The Hall–Kier alpha value is -2.60. The number of halogens is 1. The summed E-state index contributed by atoms with van der Waals surface area (Å²) in [6.45, 7) is 0. The average Bonchev–Trinajstić information content (AvgIpc) is 3.04. The van der Waals surface area contributed by atoms with Crippen LogP contribution in [0.5, 0.6) is 0 Å². The van der Waals surface area contributed by atoms with Crippen molar-refractivity contribution in [2.24, 2.45) is 0 Å². The van der Waals surface area contributed by atoms with Crippen LogP contribution in [0.2, 0.25) is 4.34 Å². The Morgan fingerprint density at radius 3 is 2.56 bits per heavy atom. The number of thiophene rings is 1. The second kappa shape index (κ2) is 7.11. The summed E-state index contributed by atoms with van der Waals surface area (Å²) in [5, 5.41) is 12.2. The molecule has 126 valence electrons. The topological polar surface area (TPSA) is 94.9 Å². The molecule has 0 bridgehead atoms. The van der Waals surface area contributed by atoms with Gasteiger partial charge in [0.1, 0.15) is 16.1 Å². The fraction of sp³-hybridized carbons (Fsp3) is 0. The molecule has 0 saturated heterocycles. The Kier molecular flexibility index (Phi) is 4.90. The third-order valence-corrected chi connectivity index (χ3v) is 6.22. The molecule has 2 aromatic heterocycles. The normalized spacial score (nSPS) is 10.9. The zero-order valence-corrected chi connectivity index (χ0v) is 15.0. The number of nitriles is 1. The Balaban J connectivity index is 1.76. The van der Waals surface area contributed by atoms with Crippen LogP contribution in [0.1, 0.15) is 5.56 Å². The van der Waals surface area contributed by atoms with Crippen molar-refractivity contribution in [3.05, 3.63) is 64.6 Å². The number of sulfonamides is 1. The van der Waals surface area contributed by atoms with Crippen molar-refractivity contribution >= 4 is 50.2 Å². The summed E-state index contributed by atoms with van der Waals surface area (Å²) < 4.78 is 27.3. The van der Waals surface area contributed by atoms with Gasteiger partial charge in [-0.25, -0.2) is 13.4 Å². The van der Waals surface area contributed by atoms with Crippen molar-refractivity contribution in [2.45, 2.75) is 4.21 Å². The molecule has 3 aromatic rings. The molecule has 0 radical (unpaired) electrons. The van der Waals surface area contributed by atoms with E-state index in [9.17, 15) is 8.42 Å². The lowest BCUT2D eigenvalue weighted by molar-refractivity contribution is 0.603. The highest BCUT2D eigenvalue weighted by Crippen LogP contribution is 2.27. The number of hydrogen-bond donors (Lipinski definition) is 2. The molecule has 0 fully saturated rings. The summed E-state index contributed by atoms with van der Waals surface area (Å²) >= 11 is 6.74.